The van der Waals surface area contributed by atoms with Crippen molar-refractivity contribution in [2.24, 2.45) is 0 Å². The van der Waals surface area contributed by atoms with E-state index in [4.69, 9.17) is 4.98 Å². The molecule has 5 heteroatoms. The minimum atomic E-state index is -0.0920. The Morgan fingerprint density at radius 3 is 2.61 bits per heavy atom. The minimum Gasteiger partial charge on any atom is -0.303 e. The molecule has 0 saturated heterocycles. The van der Waals surface area contributed by atoms with E-state index in [1.807, 2.05) is 66.9 Å². The second kappa shape index (κ2) is 6.93. The van der Waals surface area contributed by atoms with Gasteiger partial charge in [-0.15, -0.1) is 0 Å². The fourth-order valence-corrected chi connectivity index (χ4v) is 3.54. The standard InChI is InChI=1S/C23H20N4O/c28-23(21-20-10-4-5-14-26(20)22(25-21)18-11-12-18)27(19-8-2-1-3-9-19)16-17-7-6-13-24-15-17/h1-10,13-15,18H,11-12,16H2. The van der Waals surface area contributed by atoms with Crippen molar-refractivity contribution in [3.8, 4) is 0 Å². The van der Waals surface area contributed by atoms with Crippen LogP contribution in [0.5, 0.6) is 0 Å². The average Bonchev–Trinajstić information content (AvgIpc) is 3.53. The zero-order valence-corrected chi connectivity index (χ0v) is 15.4. The number of para-hydroxylation sites is 1. The highest BCUT2D eigenvalue weighted by Gasteiger charge is 2.31. The van der Waals surface area contributed by atoms with Crippen molar-refractivity contribution < 1.29 is 4.79 Å². The van der Waals surface area contributed by atoms with Gasteiger partial charge in [0.05, 0.1) is 12.1 Å². The summed E-state index contributed by atoms with van der Waals surface area (Å²) in [5.74, 6) is 1.36. The molecule has 1 aliphatic carbocycles. The smallest absolute Gasteiger partial charge is 0.279 e. The molecule has 0 unspecified atom stereocenters. The summed E-state index contributed by atoms with van der Waals surface area (Å²) < 4.78 is 2.07. The second-order valence-corrected chi connectivity index (χ2v) is 7.14. The van der Waals surface area contributed by atoms with Gasteiger partial charge in [-0.1, -0.05) is 30.3 Å². The SMILES string of the molecule is O=C(c1nc(C2CC2)n2ccccc12)N(Cc1cccnc1)c1ccccc1. The van der Waals surface area contributed by atoms with Crippen molar-refractivity contribution in [3.63, 3.8) is 0 Å². The van der Waals surface area contributed by atoms with Crippen LogP contribution in [-0.4, -0.2) is 20.3 Å². The fraction of sp³-hybridized carbons (Fsp3) is 0.174. The van der Waals surface area contributed by atoms with Crippen molar-refractivity contribution in [2.45, 2.75) is 25.3 Å². The van der Waals surface area contributed by atoms with Gasteiger partial charge >= 0.3 is 0 Å². The van der Waals surface area contributed by atoms with E-state index < -0.39 is 0 Å². The Bertz CT molecular complexity index is 1120. The first kappa shape index (κ1) is 16.7. The number of pyridine rings is 2. The zero-order chi connectivity index (χ0) is 18.9. The molecular weight excluding hydrogens is 348 g/mol. The summed E-state index contributed by atoms with van der Waals surface area (Å²) in [6.45, 7) is 0.446. The van der Waals surface area contributed by atoms with Crippen molar-refractivity contribution in [1.82, 2.24) is 14.4 Å². The Kier molecular flexibility index (Phi) is 4.13. The van der Waals surface area contributed by atoms with Crippen molar-refractivity contribution in [2.75, 3.05) is 4.90 Å². The number of benzene rings is 1. The Balaban J connectivity index is 1.59. The number of hydrogen-bond donors (Lipinski definition) is 0. The molecule has 1 saturated carbocycles. The first-order valence-corrected chi connectivity index (χ1v) is 9.54. The molecule has 3 heterocycles. The number of carbonyl (C=O) groups excluding carboxylic acids is 1. The van der Waals surface area contributed by atoms with Crippen molar-refractivity contribution >= 4 is 17.1 Å². The van der Waals surface area contributed by atoms with E-state index in [9.17, 15) is 4.79 Å². The van der Waals surface area contributed by atoms with Crippen LogP contribution < -0.4 is 4.90 Å². The summed E-state index contributed by atoms with van der Waals surface area (Å²) in [6.07, 6.45) is 7.81. The minimum absolute atomic E-state index is 0.0920. The van der Waals surface area contributed by atoms with Gasteiger partial charge in [0.15, 0.2) is 5.69 Å². The Labute approximate surface area is 163 Å². The van der Waals surface area contributed by atoms with Gasteiger partial charge in [-0.3, -0.25) is 9.78 Å². The maximum absolute atomic E-state index is 13.6. The summed E-state index contributed by atoms with van der Waals surface area (Å²) in [6, 6.07) is 19.5. The van der Waals surface area contributed by atoms with Gasteiger partial charge in [0.25, 0.3) is 5.91 Å². The largest absolute Gasteiger partial charge is 0.303 e. The number of hydrogen-bond acceptors (Lipinski definition) is 3. The van der Waals surface area contributed by atoms with E-state index in [2.05, 4.69) is 9.38 Å². The molecule has 1 aliphatic rings. The van der Waals surface area contributed by atoms with E-state index in [1.54, 1.807) is 17.3 Å². The number of carbonyl (C=O) groups is 1. The first-order valence-electron chi connectivity index (χ1n) is 9.54. The highest BCUT2D eigenvalue weighted by Crippen LogP contribution is 2.40. The molecule has 5 rings (SSSR count). The molecule has 0 spiro atoms. The third-order valence-electron chi connectivity index (χ3n) is 5.10. The molecule has 138 valence electrons. The van der Waals surface area contributed by atoms with Crippen LogP contribution in [0.3, 0.4) is 0 Å². The summed E-state index contributed by atoms with van der Waals surface area (Å²) in [5.41, 5.74) is 3.20. The Morgan fingerprint density at radius 2 is 1.86 bits per heavy atom. The molecule has 0 N–H and O–H groups in total. The highest BCUT2D eigenvalue weighted by atomic mass is 16.2. The number of amides is 1. The number of imidazole rings is 1. The van der Waals surface area contributed by atoms with Crippen LogP contribution in [0.4, 0.5) is 5.69 Å². The molecule has 0 aliphatic heterocycles. The van der Waals surface area contributed by atoms with Crippen LogP contribution in [0.1, 0.15) is 40.6 Å². The number of nitrogens with zero attached hydrogens (tertiary/aromatic N) is 4. The molecule has 28 heavy (non-hydrogen) atoms. The number of fused-ring (bicyclic) bond motifs is 1. The molecule has 5 nitrogen and oxygen atoms in total. The predicted molar refractivity (Wildman–Crippen MR) is 108 cm³/mol. The summed E-state index contributed by atoms with van der Waals surface area (Å²) >= 11 is 0. The van der Waals surface area contributed by atoms with Crippen LogP contribution in [0, 0.1) is 0 Å². The lowest BCUT2D eigenvalue weighted by Gasteiger charge is -2.22. The van der Waals surface area contributed by atoms with Gasteiger partial charge in [0.2, 0.25) is 0 Å². The van der Waals surface area contributed by atoms with E-state index in [0.717, 1.165) is 35.4 Å². The molecule has 0 bridgehead atoms. The summed E-state index contributed by atoms with van der Waals surface area (Å²) in [5, 5.41) is 0. The Morgan fingerprint density at radius 1 is 1.04 bits per heavy atom. The fourth-order valence-electron chi connectivity index (χ4n) is 3.54. The predicted octanol–water partition coefficient (Wildman–Crippen LogP) is 4.45. The van der Waals surface area contributed by atoms with Crippen LogP contribution in [0.15, 0.2) is 79.3 Å². The summed E-state index contributed by atoms with van der Waals surface area (Å²) in [4.78, 5) is 24.4. The summed E-state index contributed by atoms with van der Waals surface area (Å²) in [7, 11) is 0. The molecule has 0 atom stereocenters. The second-order valence-electron chi connectivity index (χ2n) is 7.14. The van der Waals surface area contributed by atoms with Gasteiger partial charge in [-0.25, -0.2) is 4.98 Å². The van der Waals surface area contributed by atoms with Gasteiger partial charge in [0.1, 0.15) is 5.82 Å². The monoisotopic (exact) mass is 368 g/mol. The van der Waals surface area contributed by atoms with Crippen molar-refractivity contribution in [3.05, 3.63) is 96.3 Å². The van der Waals surface area contributed by atoms with Crippen LogP contribution in [0.25, 0.3) is 5.52 Å². The van der Waals surface area contributed by atoms with Gasteiger partial charge < -0.3 is 9.30 Å². The number of aromatic nitrogens is 3. The number of anilines is 1. The van der Waals surface area contributed by atoms with E-state index in [-0.39, 0.29) is 5.91 Å². The first-order chi connectivity index (χ1) is 13.8. The van der Waals surface area contributed by atoms with Gasteiger partial charge in [-0.2, -0.15) is 0 Å². The van der Waals surface area contributed by atoms with Crippen LogP contribution in [0.2, 0.25) is 0 Å². The molecular formula is C23H20N4O. The van der Waals surface area contributed by atoms with Gasteiger partial charge in [-0.05, 0) is 48.7 Å². The average molecular weight is 368 g/mol. The molecule has 1 fully saturated rings. The van der Waals surface area contributed by atoms with Gasteiger partial charge in [0, 0.05) is 30.2 Å². The van der Waals surface area contributed by atoms with E-state index in [0.29, 0.717) is 18.2 Å². The third kappa shape index (κ3) is 3.05. The molecule has 3 aromatic heterocycles. The lowest BCUT2D eigenvalue weighted by molar-refractivity contribution is 0.0982. The lowest BCUT2D eigenvalue weighted by Crippen LogP contribution is -2.31. The molecule has 1 aromatic carbocycles. The van der Waals surface area contributed by atoms with E-state index in [1.165, 1.54) is 0 Å². The van der Waals surface area contributed by atoms with Crippen molar-refractivity contribution in [1.29, 1.82) is 0 Å². The van der Waals surface area contributed by atoms with E-state index >= 15 is 0 Å². The maximum Gasteiger partial charge on any atom is 0.279 e. The lowest BCUT2D eigenvalue weighted by atomic mass is 10.2. The maximum atomic E-state index is 13.6. The number of rotatable bonds is 5. The zero-order valence-electron chi connectivity index (χ0n) is 15.4. The highest BCUT2D eigenvalue weighted by molar-refractivity contribution is 6.09. The Hall–Kier alpha value is -3.47. The topological polar surface area (TPSA) is 50.5 Å². The molecule has 4 aromatic rings. The quantitative estimate of drug-likeness (QED) is 0.523. The normalized spacial score (nSPS) is 13.6. The van der Waals surface area contributed by atoms with Crippen LogP contribution in [-0.2, 0) is 6.54 Å². The molecule has 0 radical (unpaired) electrons. The van der Waals surface area contributed by atoms with Crippen LogP contribution >= 0.6 is 0 Å². The third-order valence-corrected chi connectivity index (χ3v) is 5.10. The molecule has 1 amide bonds.